The molecule has 1 atom stereocenters. The number of aliphatic imine (C=N–C) groups is 1. The van der Waals surface area contributed by atoms with Gasteiger partial charge in [-0.2, -0.15) is 0 Å². The van der Waals surface area contributed by atoms with Crippen LogP contribution >= 0.6 is 24.0 Å². The van der Waals surface area contributed by atoms with Crippen LogP contribution in [0.1, 0.15) is 27.2 Å². The summed E-state index contributed by atoms with van der Waals surface area (Å²) in [6.07, 6.45) is 1.25. The van der Waals surface area contributed by atoms with Crippen LogP contribution in [-0.4, -0.2) is 86.6 Å². The standard InChI is InChI=1S/C16H33N5.HI/c1-14(20-10-8-19(5)9-11-20)12-18-15(17-4)21-7-6-16(2,3)13-21;/h14H,6-13H2,1-5H3,(H,17,18);1H. The predicted octanol–water partition coefficient (Wildman–Crippen LogP) is 1.55. The van der Waals surface area contributed by atoms with Crippen molar-refractivity contribution in [3.05, 3.63) is 0 Å². The number of likely N-dealkylation sites (N-methyl/N-ethyl adjacent to an activating group) is 1. The zero-order valence-corrected chi connectivity index (χ0v) is 17.3. The van der Waals surface area contributed by atoms with Crippen molar-refractivity contribution in [2.24, 2.45) is 10.4 Å². The number of likely N-dealkylation sites (tertiary alicyclic amines) is 1. The zero-order chi connectivity index (χ0) is 15.5. The summed E-state index contributed by atoms with van der Waals surface area (Å²) in [5.41, 5.74) is 0.417. The number of guanidine groups is 1. The summed E-state index contributed by atoms with van der Waals surface area (Å²) in [4.78, 5) is 11.9. The monoisotopic (exact) mass is 423 g/mol. The van der Waals surface area contributed by atoms with Gasteiger partial charge in [0.15, 0.2) is 5.96 Å². The van der Waals surface area contributed by atoms with E-state index >= 15 is 0 Å². The molecule has 130 valence electrons. The Morgan fingerprint density at radius 3 is 2.32 bits per heavy atom. The normalized spacial score (nSPS) is 25.0. The van der Waals surface area contributed by atoms with Crippen LogP contribution in [0.3, 0.4) is 0 Å². The van der Waals surface area contributed by atoms with E-state index in [2.05, 4.69) is 52.8 Å². The highest BCUT2D eigenvalue weighted by Crippen LogP contribution is 2.28. The number of hydrogen-bond donors (Lipinski definition) is 1. The van der Waals surface area contributed by atoms with Gasteiger partial charge in [-0.25, -0.2) is 0 Å². The average molecular weight is 423 g/mol. The summed E-state index contributed by atoms with van der Waals surface area (Å²) >= 11 is 0. The topological polar surface area (TPSA) is 34.1 Å². The van der Waals surface area contributed by atoms with Crippen molar-refractivity contribution in [1.29, 1.82) is 0 Å². The molecule has 2 aliphatic heterocycles. The third-order valence-corrected chi connectivity index (χ3v) is 4.91. The Morgan fingerprint density at radius 1 is 1.18 bits per heavy atom. The Labute approximate surface area is 153 Å². The number of piperazine rings is 1. The largest absolute Gasteiger partial charge is 0.355 e. The predicted molar refractivity (Wildman–Crippen MR) is 105 cm³/mol. The van der Waals surface area contributed by atoms with Crippen molar-refractivity contribution < 1.29 is 0 Å². The summed E-state index contributed by atoms with van der Waals surface area (Å²) in [6, 6.07) is 0.561. The summed E-state index contributed by atoms with van der Waals surface area (Å²) in [6.45, 7) is 14.9. The molecule has 2 saturated heterocycles. The quantitative estimate of drug-likeness (QED) is 0.425. The lowest BCUT2D eigenvalue weighted by Gasteiger charge is -2.37. The molecule has 1 N–H and O–H groups in total. The molecular formula is C16H34IN5. The number of rotatable bonds is 3. The second kappa shape index (κ2) is 8.68. The molecule has 2 aliphatic rings. The molecule has 0 aromatic heterocycles. The molecule has 2 rings (SSSR count). The second-order valence-corrected chi connectivity index (χ2v) is 7.45. The maximum absolute atomic E-state index is 4.47. The fourth-order valence-corrected chi connectivity index (χ4v) is 3.26. The number of nitrogens with zero attached hydrogens (tertiary/aromatic N) is 4. The SMILES string of the molecule is CN=C(NCC(C)N1CCN(C)CC1)N1CCC(C)(C)C1.I. The molecule has 6 heteroatoms. The smallest absolute Gasteiger partial charge is 0.193 e. The molecule has 0 radical (unpaired) electrons. The minimum atomic E-state index is 0. The van der Waals surface area contributed by atoms with E-state index in [-0.39, 0.29) is 24.0 Å². The summed E-state index contributed by atoms with van der Waals surface area (Å²) < 4.78 is 0. The van der Waals surface area contributed by atoms with Crippen LogP contribution in [-0.2, 0) is 0 Å². The third-order valence-electron chi connectivity index (χ3n) is 4.91. The van der Waals surface area contributed by atoms with Crippen LogP contribution in [0.5, 0.6) is 0 Å². The maximum Gasteiger partial charge on any atom is 0.193 e. The number of nitrogens with one attached hydrogen (secondary N) is 1. The van der Waals surface area contributed by atoms with Crippen molar-refractivity contribution in [3.63, 3.8) is 0 Å². The van der Waals surface area contributed by atoms with Crippen LogP contribution in [0.4, 0.5) is 0 Å². The third kappa shape index (κ3) is 5.53. The van der Waals surface area contributed by atoms with Crippen LogP contribution < -0.4 is 5.32 Å². The molecule has 22 heavy (non-hydrogen) atoms. The summed E-state index contributed by atoms with van der Waals surface area (Å²) in [5, 5.41) is 3.58. The van der Waals surface area contributed by atoms with Gasteiger partial charge >= 0.3 is 0 Å². The number of halogens is 1. The average Bonchev–Trinajstić information content (AvgIpc) is 2.80. The van der Waals surface area contributed by atoms with Crippen molar-refractivity contribution in [2.75, 3.05) is 59.9 Å². The van der Waals surface area contributed by atoms with Gasteiger partial charge < -0.3 is 15.1 Å². The lowest BCUT2D eigenvalue weighted by atomic mass is 9.93. The molecule has 0 aromatic rings. The molecule has 0 saturated carbocycles. The van der Waals surface area contributed by atoms with Crippen LogP contribution in [0, 0.1) is 5.41 Å². The highest BCUT2D eigenvalue weighted by atomic mass is 127. The lowest BCUT2D eigenvalue weighted by molar-refractivity contribution is 0.119. The summed E-state index contributed by atoms with van der Waals surface area (Å²) in [7, 11) is 4.10. The van der Waals surface area contributed by atoms with Gasteiger partial charge in [0.25, 0.3) is 0 Å². The summed E-state index contributed by atoms with van der Waals surface area (Å²) in [5.74, 6) is 1.07. The second-order valence-electron chi connectivity index (χ2n) is 7.45. The van der Waals surface area contributed by atoms with Gasteiger partial charge in [-0.3, -0.25) is 9.89 Å². The van der Waals surface area contributed by atoms with E-state index in [1.807, 2.05) is 7.05 Å². The molecule has 0 spiro atoms. The molecule has 0 aliphatic carbocycles. The van der Waals surface area contributed by atoms with Crippen LogP contribution in [0.2, 0.25) is 0 Å². The Balaban J connectivity index is 0.00000242. The van der Waals surface area contributed by atoms with Gasteiger partial charge in [0.05, 0.1) is 0 Å². The molecule has 2 heterocycles. The van der Waals surface area contributed by atoms with E-state index in [0.29, 0.717) is 11.5 Å². The minimum Gasteiger partial charge on any atom is -0.355 e. The van der Waals surface area contributed by atoms with E-state index in [9.17, 15) is 0 Å². The first-order valence-corrected chi connectivity index (χ1v) is 8.29. The first kappa shape index (κ1) is 20.0. The molecule has 1 unspecified atom stereocenters. The first-order valence-electron chi connectivity index (χ1n) is 8.29. The molecule has 0 amide bonds. The van der Waals surface area contributed by atoms with E-state index < -0.39 is 0 Å². The first-order chi connectivity index (χ1) is 9.91. The Kier molecular flexibility index (Phi) is 7.88. The van der Waals surface area contributed by atoms with E-state index in [1.165, 1.54) is 32.6 Å². The van der Waals surface area contributed by atoms with Gasteiger partial charge in [-0.05, 0) is 25.8 Å². The molecule has 0 aromatic carbocycles. The van der Waals surface area contributed by atoms with Crippen molar-refractivity contribution in [1.82, 2.24) is 20.0 Å². The fourth-order valence-electron chi connectivity index (χ4n) is 3.26. The Morgan fingerprint density at radius 2 is 1.82 bits per heavy atom. The molecular weight excluding hydrogens is 389 g/mol. The Hall–Kier alpha value is -0.0800. The van der Waals surface area contributed by atoms with E-state index in [4.69, 9.17) is 0 Å². The van der Waals surface area contributed by atoms with Gasteiger partial charge in [0, 0.05) is 58.9 Å². The minimum absolute atomic E-state index is 0. The van der Waals surface area contributed by atoms with Crippen molar-refractivity contribution in [3.8, 4) is 0 Å². The highest BCUT2D eigenvalue weighted by molar-refractivity contribution is 14.0. The van der Waals surface area contributed by atoms with Gasteiger partial charge in [0.1, 0.15) is 0 Å². The zero-order valence-electron chi connectivity index (χ0n) is 14.9. The molecule has 0 bridgehead atoms. The van der Waals surface area contributed by atoms with Gasteiger partial charge in [-0.15, -0.1) is 24.0 Å². The van der Waals surface area contributed by atoms with Gasteiger partial charge in [0.2, 0.25) is 0 Å². The van der Waals surface area contributed by atoms with Gasteiger partial charge in [-0.1, -0.05) is 13.8 Å². The Bertz CT molecular complexity index is 364. The highest BCUT2D eigenvalue weighted by Gasteiger charge is 2.31. The molecule has 5 nitrogen and oxygen atoms in total. The van der Waals surface area contributed by atoms with Crippen molar-refractivity contribution >= 4 is 29.9 Å². The fraction of sp³-hybridized carbons (Fsp3) is 0.938. The maximum atomic E-state index is 4.47. The van der Waals surface area contributed by atoms with Crippen LogP contribution in [0.15, 0.2) is 4.99 Å². The van der Waals surface area contributed by atoms with E-state index in [0.717, 1.165) is 25.6 Å². The van der Waals surface area contributed by atoms with Crippen LogP contribution in [0.25, 0.3) is 0 Å². The number of hydrogen-bond acceptors (Lipinski definition) is 3. The van der Waals surface area contributed by atoms with E-state index in [1.54, 1.807) is 0 Å². The molecule has 2 fully saturated rings. The van der Waals surface area contributed by atoms with Crippen molar-refractivity contribution in [2.45, 2.75) is 33.2 Å². The lowest BCUT2D eigenvalue weighted by Crippen LogP contribution is -2.52.